The predicted octanol–water partition coefficient (Wildman–Crippen LogP) is 21.6. The zero-order valence-corrected chi connectivity index (χ0v) is 71.9. The number of piperidine rings is 4. The highest BCUT2D eigenvalue weighted by molar-refractivity contribution is 6.03. The fraction of sp³-hybridized carbons (Fsp3) is 0.284. The molecule has 1 amide bonds. The minimum Gasteiger partial charge on any atom is -0.397 e. The third-order valence-electron chi connectivity index (χ3n) is 24.8. The van der Waals surface area contributed by atoms with Gasteiger partial charge in [-0.3, -0.25) is 65.1 Å². The lowest BCUT2D eigenvalue weighted by atomic mass is 10.0. The summed E-state index contributed by atoms with van der Waals surface area (Å²) in [4.78, 5) is 90.3. The molecule has 4 aliphatic rings. The van der Waals surface area contributed by atoms with Gasteiger partial charge in [-0.25, -0.2) is 19.9 Å². The van der Waals surface area contributed by atoms with Crippen molar-refractivity contribution in [2.75, 3.05) is 83.0 Å². The van der Waals surface area contributed by atoms with Crippen LogP contribution in [0.3, 0.4) is 0 Å². The molecule has 0 atom stereocenters. The molecule has 133 heavy (non-hydrogen) atoms. The average molecular weight is 1770 g/mol. The summed E-state index contributed by atoms with van der Waals surface area (Å²) in [5.74, 6) is 3.24. The van der Waals surface area contributed by atoms with Crippen LogP contribution >= 0.6 is 0 Å². The predicted molar refractivity (Wildman–Crippen MR) is 537 cm³/mol. The highest BCUT2D eigenvalue weighted by Gasteiger charge is 2.27. The minimum atomic E-state index is -0.00943. The molecule has 4 aliphatic heterocycles. The van der Waals surface area contributed by atoms with Gasteiger partial charge in [-0.2, -0.15) is 20.4 Å². The van der Waals surface area contributed by atoms with Crippen molar-refractivity contribution >= 4 is 128 Å². The lowest BCUT2D eigenvalue weighted by Crippen LogP contribution is -2.29. The van der Waals surface area contributed by atoms with Crippen LogP contribution < -0.4 is 30.7 Å². The monoisotopic (exact) mass is 1770 g/mol. The molecule has 4 fully saturated rings. The number of aryl methyl sites for hydroxylation is 1. The SMILES string of the molecule is C.C.C.C.CC(C)CC(=O)Nc1cncc(-c2ccc3[nH]nc(-c4nc5c(N6CCCCC6)cncc5[nH]4)c3c2)c1.Cc1ccncc1-c1ccc2[nH]nc(-c3nc4c(N5CCCCC5)cncc4[nH]3)c2c1.Nc1cncc(-c2ccc3[nH]nc(-c4nc5c(N6CCCCC6)cncc5[nH]4)c3c2)c1.c1cncc(-c2ccc3[nH]nc(-c4nc5c(N6CCCCC6)cncc5[nH]4)c3c2)c1. The number of pyridine rings is 8. The topological polar surface area (TPSA) is 401 Å². The number of nitrogens with zero attached hydrogens (tertiary/aromatic N) is 20. The van der Waals surface area contributed by atoms with Gasteiger partial charge in [-0.05, 0) is 191 Å². The zero-order valence-electron chi connectivity index (χ0n) is 71.9. The Morgan fingerprint density at radius 1 is 0.346 bits per heavy atom. The summed E-state index contributed by atoms with van der Waals surface area (Å²) < 4.78 is 0. The molecule has 20 heterocycles. The quantitative estimate of drug-likeness (QED) is 0.0456. The number of nitrogens with two attached hydrogens (primary N) is 1. The van der Waals surface area contributed by atoms with Crippen LogP contribution in [-0.2, 0) is 4.79 Å². The summed E-state index contributed by atoms with van der Waals surface area (Å²) in [7, 11) is 0. The van der Waals surface area contributed by atoms with Gasteiger partial charge in [-0.15, -0.1) is 0 Å². The number of fused-ring (bicyclic) bond motifs is 8. The number of H-pyrrole nitrogens is 8. The van der Waals surface area contributed by atoms with Crippen LogP contribution in [0.15, 0.2) is 202 Å². The van der Waals surface area contributed by atoms with Gasteiger partial charge in [0.1, 0.15) is 44.8 Å². The molecule has 11 N–H and O–H groups in total. The summed E-state index contributed by atoms with van der Waals surface area (Å²) in [5.41, 5.74) is 35.6. The minimum absolute atomic E-state index is 0. The molecule has 676 valence electrons. The van der Waals surface area contributed by atoms with E-state index in [9.17, 15) is 4.79 Å². The molecule has 16 aromatic heterocycles. The maximum Gasteiger partial charge on any atom is 0.224 e. The van der Waals surface area contributed by atoms with Crippen molar-refractivity contribution < 1.29 is 4.79 Å². The number of carbonyl (C=O) groups excluding carboxylic acids is 1. The fourth-order valence-electron chi connectivity index (χ4n) is 18.2. The number of hydrogen-bond acceptors (Lipinski definition) is 22. The molecule has 0 bridgehead atoms. The third-order valence-corrected chi connectivity index (χ3v) is 24.8. The van der Waals surface area contributed by atoms with Crippen LogP contribution in [0.5, 0.6) is 0 Å². The van der Waals surface area contributed by atoms with Crippen molar-refractivity contribution in [3.63, 3.8) is 0 Å². The number of hydrogen-bond donors (Lipinski definition) is 10. The molecular weight excluding hydrogens is 1660 g/mol. The van der Waals surface area contributed by atoms with E-state index in [1.807, 2.05) is 137 Å². The smallest absolute Gasteiger partial charge is 0.224 e. The van der Waals surface area contributed by atoms with Gasteiger partial charge in [0.05, 0.1) is 134 Å². The molecule has 0 saturated carbocycles. The van der Waals surface area contributed by atoms with Crippen molar-refractivity contribution in [2.45, 2.75) is 134 Å². The summed E-state index contributed by atoms with van der Waals surface area (Å²) in [6, 6.07) is 34.8. The third kappa shape index (κ3) is 18.4. The molecule has 0 unspecified atom stereocenters. The normalized spacial score (nSPS) is 14.0. The van der Waals surface area contributed by atoms with Crippen molar-refractivity contribution in [3.8, 4) is 90.6 Å². The number of amides is 1. The number of aromatic nitrogens is 24. The van der Waals surface area contributed by atoms with Crippen LogP contribution in [0.4, 0.5) is 34.1 Å². The Labute approximate surface area is 770 Å². The molecule has 20 aromatic rings. The Hall–Kier alpha value is -15.7. The van der Waals surface area contributed by atoms with Gasteiger partial charge in [-0.1, -0.05) is 73.9 Å². The van der Waals surface area contributed by atoms with Crippen LogP contribution in [0, 0.1) is 12.8 Å². The first-order valence-corrected chi connectivity index (χ1v) is 44.5. The van der Waals surface area contributed by atoms with E-state index in [2.05, 4.69) is 187 Å². The summed E-state index contributed by atoms with van der Waals surface area (Å²) in [6.45, 7) is 14.5. The molecule has 4 saturated heterocycles. The first-order chi connectivity index (χ1) is 63.4. The first kappa shape index (κ1) is 89.3. The Morgan fingerprint density at radius 2 is 0.684 bits per heavy atom. The fourth-order valence-corrected chi connectivity index (χ4v) is 18.2. The van der Waals surface area contributed by atoms with E-state index in [0.717, 1.165) is 248 Å². The maximum absolute atomic E-state index is 12.2. The number of imidazole rings is 4. The van der Waals surface area contributed by atoms with Gasteiger partial charge in [0, 0.05) is 146 Å². The van der Waals surface area contributed by atoms with E-state index in [0.29, 0.717) is 29.5 Å². The maximum atomic E-state index is 12.2. The Kier molecular flexibility index (Phi) is 26.4. The van der Waals surface area contributed by atoms with E-state index in [1.165, 1.54) is 82.6 Å². The lowest BCUT2D eigenvalue weighted by Gasteiger charge is -2.28. The standard InChI is InChI=1S/C28H30N8O.C24H23N7.C23H22N8.C23H21N7.4CH4/c1-17(2)10-25(37)31-20-11-19(13-29-14-20)18-6-7-22-21(12-18)26(35-34-22)28-32-23-15-30-16-24(27(23)33-28)36-8-4-3-5-9-36;1-15-7-8-25-12-18(15)16-5-6-19-17(11-16)22(30-29-19)24-27-20-13-26-14-21(23(20)28-24)31-9-3-2-4-10-31;24-16-8-15(10-25-11-16)14-4-5-18-17(9-14)21(30-29-18)23-27-19-12-26-13-20(22(19)28-23)31-6-2-1-3-7-31;1-2-9-30(10-3-1)20-14-25-13-19-22(20)27-23(26-19)21-17-11-15(6-7-18(17)28-29-21)16-5-4-8-24-12-16;;;;/h6-7,11-17H,3-5,8-10H2,1-2H3,(H,31,37)(H,32,33)(H,34,35);5-8,11-14H,2-4,9-10H2,1H3,(H,27,28)(H,29,30);4-5,8-13H,1-3,6-7,24H2,(H,27,28)(H,29,30);4-8,11-14H,1-3,9-10H2,(H,26,27)(H,28,29);4*1H4. The van der Waals surface area contributed by atoms with Gasteiger partial charge in [0.15, 0.2) is 23.3 Å². The summed E-state index contributed by atoms with van der Waals surface area (Å²) in [6.07, 6.45) is 44.7. The van der Waals surface area contributed by atoms with Gasteiger partial charge < -0.3 is 50.6 Å². The lowest BCUT2D eigenvalue weighted by molar-refractivity contribution is -0.116. The average Bonchev–Trinajstić information content (AvgIpc) is 1.63. The Balaban J connectivity index is 0.000000123. The van der Waals surface area contributed by atoms with E-state index in [1.54, 1.807) is 24.8 Å². The number of nitrogen functional groups attached to an aromatic ring is 1. The zero-order chi connectivity index (χ0) is 86.8. The van der Waals surface area contributed by atoms with E-state index >= 15 is 0 Å². The second-order valence-corrected chi connectivity index (χ2v) is 34.1. The molecule has 4 aromatic carbocycles. The molecular formula is C102H112N30O. The van der Waals surface area contributed by atoms with Crippen molar-refractivity contribution in [3.05, 3.63) is 208 Å². The second kappa shape index (κ2) is 39.3. The van der Waals surface area contributed by atoms with E-state index in [4.69, 9.17) is 25.7 Å². The molecule has 31 heteroatoms. The molecule has 0 spiro atoms. The summed E-state index contributed by atoms with van der Waals surface area (Å²) >= 11 is 0. The second-order valence-electron chi connectivity index (χ2n) is 34.1. The number of nitrogens with one attached hydrogen (secondary N) is 9. The Bertz CT molecular complexity index is 7450. The first-order valence-electron chi connectivity index (χ1n) is 44.5. The number of carbonyl (C=O) groups is 1. The molecule has 0 radical (unpaired) electrons. The Morgan fingerprint density at radius 3 is 1.05 bits per heavy atom. The van der Waals surface area contributed by atoms with Gasteiger partial charge >= 0.3 is 0 Å². The summed E-state index contributed by atoms with van der Waals surface area (Å²) in [5, 5.41) is 37.8. The number of aromatic amines is 8. The van der Waals surface area contributed by atoms with Crippen LogP contribution in [0.2, 0.25) is 0 Å². The number of anilines is 6. The van der Waals surface area contributed by atoms with Crippen molar-refractivity contribution in [1.29, 1.82) is 0 Å². The highest BCUT2D eigenvalue weighted by Crippen LogP contribution is 2.41. The molecule has 24 rings (SSSR count). The number of benzene rings is 4. The van der Waals surface area contributed by atoms with Crippen LogP contribution in [-0.4, -0.2) is 179 Å². The van der Waals surface area contributed by atoms with E-state index in [-0.39, 0.29) is 35.6 Å². The van der Waals surface area contributed by atoms with Crippen molar-refractivity contribution in [1.82, 2.24) is 121 Å². The van der Waals surface area contributed by atoms with Crippen LogP contribution in [0.1, 0.15) is 133 Å². The molecule has 31 nitrogen and oxygen atoms in total. The largest absolute Gasteiger partial charge is 0.397 e. The highest BCUT2D eigenvalue weighted by atomic mass is 16.1. The van der Waals surface area contributed by atoms with Crippen molar-refractivity contribution in [2.24, 2.45) is 5.92 Å². The number of rotatable bonds is 15. The van der Waals surface area contributed by atoms with Gasteiger partial charge in [0.2, 0.25) is 5.91 Å². The van der Waals surface area contributed by atoms with E-state index < -0.39 is 0 Å². The van der Waals surface area contributed by atoms with Crippen LogP contribution in [0.25, 0.3) is 178 Å². The molecule has 0 aliphatic carbocycles. The van der Waals surface area contributed by atoms with Gasteiger partial charge in [0.25, 0.3) is 0 Å².